The monoisotopic (exact) mass is 960 g/mol. The Morgan fingerprint density at radius 2 is 0.100 bits per heavy atom. The molecule has 0 unspecified atom stereocenters. The predicted octanol–water partition coefficient (Wildman–Crippen LogP) is -20.4. The molecule has 30 heteroatoms. The fraction of sp³-hybridized carbons (Fsp3) is 0. The topological polar surface area (TPSA) is 0 Å². The zero-order valence-electron chi connectivity index (χ0n) is 28.2. The molecule has 0 aromatic rings. The van der Waals surface area contributed by atoms with Gasteiger partial charge in [0.2, 0.25) is 0 Å². The Labute approximate surface area is 543 Å². The maximum atomic E-state index is 0. The third-order valence-corrected chi connectivity index (χ3v) is 0. The van der Waals surface area contributed by atoms with E-state index in [0.29, 0.717) is 0 Å². The summed E-state index contributed by atoms with van der Waals surface area (Å²) in [6.07, 6.45) is 0. The van der Waals surface area contributed by atoms with Crippen LogP contribution < -0.4 is 296 Å². The van der Waals surface area contributed by atoms with Crippen LogP contribution in [0.2, 0.25) is 0 Å². The van der Waals surface area contributed by atoms with E-state index in [1.165, 1.54) is 0 Å². The maximum Gasteiger partial charge on any atom is 1.00 e. The minimum absolute atomic E-state index is 0. The largest absolute Gasteiger partial charge is 1.00 e. The average molecular weight is 969 g/mol. The molecule has 0 radical (unpaired) electrons. The molecule has 0 amide bonds. The molecule has 0 atom stereocenters. The van der Waals surface area contributed by atoms with Crippen molar-refractivity contribution in [2.45, 2.75) is 0 Å². The van der Waals surface area contributed by atoms with Gasteiger partial charge in [-0.2, -0.15) is 0 Å². The summed E-state index contributed by atoms with van der Waals surface area (Å²) in [5.74, 6) is 0. The normalized spacial score (nSPS) is 0. The van der Waals surface area contributed by atoms with E-state index in [4.69, 9.17) is 0 Å². The minimum atomic E-state index is 0. The van der Waals surface area contributed by atoms with Gasteiger partial charge in [-0.1, -0.05) is 0 Å². The molecular formula is H30Cl20Na10. The Morgan fingerprint density at radius 3 is 0.100 bits per heavy atom. The van der Waals surface area contributed by atoms with Crippen molar-refractivity contribution in [1.29, 1.82) is 0 Å². The molecule has 0 aliphatic rings. The quantitative estimate of drug-likeness (QED) is 0.212. The molecule has 0 spiro atoms. The van der Waals surface area contributed by atoms with Gasteiger partial charge in [0.1, 0.15) is 0 Å². The SMILES string of the molecule is Cl.Cl.Cl.Cl.Cl.Cl.Cl.Cl.Cl.Cl.Cl.Cl.Cl.Cl.Cl.Cl.Cl.Cl.Cl.Cl.[H-].[H-].[H-].[H-].[H-].[H-].[H-].[H-].[H-].[H-].[Na+].[Na+].[Na+].[Na+].[Na+].[Na+].[Na+].[Na+].[Na+].[Na+]. The van der Waals surface area contributed by atoms with Crippen molar-refractivity contribution in [3.63, 3.8) is 0 Å². The van der Waals surface area contributed by atoms with Gasteiger partial charge in [0, 0.05) is 0 Å². The van der Waals surface area contributed by atoms with E-state index in [2.05, 4.69) is 0 Å². The van der Waals surface area contributed by atoms with Crippen LogP contribution in [0.1, 0.15) is 14.3 Å². The Bertz CT molecular complexity index is 60.0. The first kappa shape index (κ1) is 368. The van der Waals surface area contributed by atoms with Crippen molar-refractivity contribution < 1.29 is 310 Å². The first-order valence-corrected chi connectivity index (χ1v) is 0. The first-order valence-electron chi connectivity index (χ1n) is 0. The minimum Gasteiger partial charge on any atom is -1.00 e. The molecule has 0 aliphatic heterocycles. The summed E-state index contributed by atoms with van der Waals surface area (Å²) in [6.45, 7) is 0. The molecule has 0 saturated carbocycles. The summed E-state index contributed by atoms with van der Waals surface area (Å²) in [5.41, 5.74) is 0. The van der Waals surface area contributed by atoms with Gasteiger partial charge in [-0.15, -0.1) is 248 Å². The predicted molar refractivity (Wildman–Crippen MR) is 156 cm³/mol. The molecule has 0 fully saturated rings. The number of hydrogen-bond donors (Lipinski definition) is 0. The van der Waals surface area contributed by atoms with E-state index >= 15 is 0 Å². The number of rotatable bonds is 0. The molecule has 180 valence electrons. The Kier molecular flexibility index (Phi) is 4230. The molecule has 0 aromatic heterocycles. The zero-order valence-corrected chi connectivity index (χ0v) is 54.5. The van der Waals surface area contributed by atoms with Gasteiger partial charge < -0.3 is 14.3 Å². The molecule has 0 aliphatic carbocycles. The third kappa shape index (κ3) is 321. The van der Waals surface area contributed by atoms with Crippen LogP contribution in [0.15, 0.2) is 0 Å². The Balaban J connectivity index is 0. The second-order valence-electron chi connectivity index (χ2n) is 0. The van der Waals surface area contributed by atoms with Crippen molar-refractivity contribution in [1.82, 2.24) is 0 Å². The molecular weight excluding hydrogens is 939 g/mol. The second kappa shape index (κ2) is 344. The van der Waals surface area contributed by atoms with Gasteiger partial charge >= 0.3 is 296 Å². The first-order chi connectivity index (χ1) is 0. The van der Waals surface area contributed by atoms with Gasteiger partial charge in [-0.05, 0) is 0 Å². The van der Waals surface area contributed by atoms with E-state index < -0.39 is 0 Å². The van der Waals surface area contributed by atoms with Gasteiger partial charge in [0.25, 0.3) is 0 Å². The van der Waals surface area contributed by atoms with E-state index in [1.807, 2.05) is 0 Å². The maximum absolute atomic E-state index is 0. The van der Waals surface area contributed by atoms with Crippen molar-refractivity contribution >= 4 is 248 Å². The van der Waals surface area contributed by atoms with Crippen LogP contribution in [-0.2, 0) is 0 Å². The van der Waals surface area contributed by atoms with Crippen molar-refractivity contribution in [3.8, 4) is 0 Å². The van der Waals surface area contributed by atoms with Crippen molar-refractivity contribution in [3.05, 3.63) is 0 Å². The molecule has 30 heavy (non-hydrogen) atoms. The van der Waals surface area contributed by atoms with Gasteiger partial charge in [-0.25, -0.2) is 0 Å². The average Bonchev–Trinajstić information content (AvgIpc) is 0. The Hall–Kier alpha value is 15.8. The molecule has 0 nitrogen and oxygen atoms in total. The molecule has 0 heterocycles. The summed E-state index contributed by atoms with van der Waals surface area (Å²) in [5, 5.41) is 0. The van der Waals surface area contributed by atoms with Crippen LogP contribution in [-0.4, -0.2) is 0 Å². The molecule has 0 bridgehead atoms. The summed E-state index contributed by atoms with van der Waals surface area (Å²) in [4.78, 5) is 0. The van der Waals surface area contributed by atoms with Crippen LogP contribution in [0.25, 0.3) is 0 Å². The van der Waals surface area contributed by atoms with Gasteiger partial charge in [0.05, 0.1) is 0 Å². The molecule has 0 rings (SSSR count). The van der Waals surface area contributed by atoms with E-state index in [9.17, 15) is 0 Å². The van der Waals surface area contributed by atoms with Crippen LogP contribution in [0.4, 0.5) is 0 Å². The van der Waals surface area contributed by atoms with Crippen LogP contribution in [0.5, 0.6) is 0 Å². The molecule has 0 aromatic carbocycles. The van der Waals surface area contributed by atoms with Crippen LogP contribution in [0.3, 0.4) is 0 Å². The number of hydrogen-bond acceptors (Lipinski definition) is 0. The van der Waals surface area contributed by atoms with Crippen LogP contribution in [0, 0.1) is 0 Å². The van der Waals surface area contributed by atoms with Gasteiger partial charge in [0.15, 0.2) is 0 Å². The molecule has 0 saturated heterocycles. The summed E-state index contributed by atoms with van der Waals surface area (Å²) in [6, 6.07) is 0. The van der Waals surface area contributed by atoms with Crippen LogP contribution >= 0.6 is 248 Å². The number of halogens is 20. The van der Waals surface area contributed by atoms with E-state index in [0.717, 1.165) is 0 Å². The third-order valence-electron chi connectivity index (χ3n) is 0. The molecule has 0 N–H and O–H groups in total. The van der Waals surface area contributed by atoms with Crippen molar-refractivity contribution in [2.24, 2.45) is 0 Å². The summed E-state index contributed by atoms with van der Waals surface area (Å²) in [7, 11) is 0. The second-order valence-corrected chi connectivity index (χ2v) is 0. The smallest absolute Gasteiger partial charge is 1.00 e. The van der Waals surface area contributed by atoms with Crippen molar-refractivity contribution in [2.75, 3.05) is 0 Å². The zero-order chi connectivity index (χ0) is 0. The summed E-state index contributed by atoms with van der Waals surface area (Å²) >= 11 is 0. The fourth-order valence-electron chi connectivity index (χ4n) is 0. The Morgan fingerprint density at radius 1 is 0.100 bits per heavy atom. The fourth-order valence-corrected chi connectivity index (χ4v) is 0. The van der Waals surface area contributed by atoms with Gasteiger partial charge in [-0.3, -0.25) is 0 Å². The standard InChI is InChI=1S/20ClH.10Na.10H/h20*1H;;;;;;;;;;;;;;;;;;;;/q;;;;;;;;;;;;;;;;;;;;10*+1;10*-1. The summed E-state index contributed by atoms with van der Waals surface area (Å²) < 4.78 is 0. The van der Waals surface area contributed by atoms with E-state index in [-0.39, 0.29) is 558 Å². The van der Waals surface area contributed by atoms with E-state index in [1.54, 1.807) is 0 Å².